The number of alkyl halides is 1. The average Bonchev–Trinajstić information content (AvgIpc) is 3.18. The molecule has 3 aliphatic rings. The molecule has 0 radical (unpaired) electrons. The Hall–Kier alpha value is -0.500. The number of carbonyl (C=O) groups is 2. The van der Waals surface area contributed by atoms with E-state index < -0.39 is 16.2 Å². The Kier molecular flexibility index (Phi) is 14.4. The minimum absolute atomic E-state index is 0.0518. The van der Waals surface area contributed by atoms with Gasteiger partial charge in [0.25, 0.3) is 0 Å². The summed E-state index contributed by atoms with van der Waals surface area (Å²) in [7, 11) is -0.688. The van der Waals surface area contributed by atoms with Crippen molar-refractivity contribution in [2.45, 2.75) is 135 Å². The van der Waals surface area contributed by atoms with Crippen LogP contribution in [0.5, 0.6) is 0 Å². The monoisotopic (exact) mass is 599 g/mol. The molecule has 2 aliphatic carbocycles. The van der Waals surface area contributed by atoms with E-state index in [0.29, 0.717) is 37.9 Å². The zero-order valence-corrected chi connectivity index (χ0v) is 27.4. The number of rotatable bonds is 14. The van der Waals surface area contributed by atoms with E-state index in [1.54, 1.807) is 0 Å². The third-order valence-electron chi connectivity index (χ3n) is 10.3. The van der Waals surface area contributed by atoms with Crippen molar-refractivity contribution in [1.82, 2.24) is 15.5 Å². The molecule has 1 aliphatic heterocycles. The van der Waals surface area contributed by atoms with Crippen molar-refractivity contribution in [3.8, 4) is 0 Å². The second kappa shape index (κ2) is 17.0. The summed E-state index contributed by atoms with van der Waals surface area (Å²) in [6.07, 6.45) is 15.6. The zero-order chi connectivity index (χ0) is 29.1. The van der Waals surface area contributed by atoms with Crippen LogP contribution in [0, 0.1) is 23.2 Å². The third-order valence-corrected chi connectivity index (χ3v) is 12.0. The molecular weight excluding hydrogens is 542 g/mol. The fourth-order valence-corrected chi connectivity index (χ4v) is 9.80. The van der Waals surface area contributed by atoms with Crippen LogP contribution in [0.15, 0.2) is 0 Å². The molecule has 6 unspecified atom stereocenters. The first-order chi connectivity index (χ1) is 19.2. The van der Waals surface area contributed by atoms with Crippen LogP contribution in [0.2, 0.25) is 0 Å². The number of amides is 1. The maximum atomic E-state index is 12.7. The van der Waals surface area contributed by atoms with Crippen LogP contribution in [0.1, 0.15) is 111 Å². The largest absolute Gasteiger partial charge is 0.354 e. The molecular formula is C32H58ClN3O3S. The summed E-state index contributed by atoms with van der Waals surface area (Å²) in [4.78, 5) is 27.9. The summed E-state index contributed by atoms with van der Waals surface area (Å²) in [6, 6.07) is 0.826. The molecule has 3 fully saturated rings. The maximum absolute atomic E-state index is 12.7. The topological polar surface area (TPSA) is 78.5 Å². The number of hydrogen-bond acceptors (Lipinski definition) is 5. The van der Waals surface area contributed by atoms with Gasteiger partial charge in [-0.3, -0.25) is 13.9 Å². The van der Waals surface area contributed by atoms with Gasteiger partial charge in [-0.15, -0.1) is 11.6 Å². The maximum Gasteiger partial charge on any atom is 0.221 e. The van der Waals surface area contributed by atoms with E-state index in [1.165, 1.54) is 44.9 Å². The van der Waals surface area contributed by atoms with E-state index in [4.69, 9.17) is 11.6 Å². The second-order valence-corrected chi connectivity index (χ2v) is 15.8. The molecule has 0 aromatic carbocycles. The van der Waals surface area contributed by atoms with Crippen LogP contribution < -0.4 is 10.6 Å². The van der Waals surface area contributed by atoms with Crippen molar-refractivity contribution in [3.63, 3.8) is 0 Å². The Labute approximate surface area is 252 Å². The van der Waals surface area contributed by atoms with Crippen molar-refractivity contribution in [2.75, 3.05) is 31.1 Å². The van der Waals surface area contributed by atoms with Crippen LogP contribution in [-0.4, -0.2) is 75.9 Å². The van der Waals surface area contributed by atoms with Crippen LogP contribution in [0.25, 0.3) is 0 Å². The van der Waals surface area contributed by atoms with E-state index in [0.717, 1.165) is 55.9 Å². The van der Waals surface area contributed by atoms with E-state index in [1.807, 2.05) is 0 Å². The molecule has 0 aromatic rings. The van der Waals surface area contributed by atoms with Crippen molar-refractivity contribution in [3.05, 3.63) is 0 Å². The van der Waals surface area contributed by atoms with Gasteiger partial charge in [-0.05, 0) is 69.7 Å². The number of hydrogen-bond donors (Lipinski definition) is 2. The Morgan fingerprint density at radius 2 is 1.80 bits per heavy atom. The first-order valence-corrected chi connectivity index (χ1v) is 18.3. The van der Waals surface area contributed by atoms with Gasteiger partial charge in [-0.1, -0.05) is 59.3 Å². The first kappa shape index (κ1) is 34.0. The van der Waals surface area contributed by atoms with Crippen LogP contribution in [0.4, 0.5) is 0 Å². The highest BCUT2D eigenvalue weighted by Crippen LogP contribution is 2.44. The standard InChI is InChI=1S/C32H58ClN3O3S/c1-5-36(29-13-16-40(39)17-14-29)30-20-28(33)21-32(23-37,26(30)4)22-34-15-12-31(38)35-25(3)18-24(2)19-27-10-8-6-7-9-11-27/h23-30,34H,5-22H2,1-4H3,(H,35,38). The smallest absolute Gasteiger partial charge is 0.221 e. The quantitative estimate of drug-likeness (QED) is 0.116. The van der Waals surface area contributed by atoms with Gasteiger partial charge in [-0.2, -0.15) is 0 Å². The van der Waals surface area contributed by atoms with Crippen LogP contribution in [0.3, 0.4) is 0 Å². The molecule has 40 heavy (non-hydrogen) atoms. The van der Waals surface area contributed by atoms with Crippen LogP contribution >= 0.6 is 11.6 Å². The SMILES string of the molecule is CCN(C1CCS(=O)CC1)C1CC(Cl)CC(C=O)(CNCCC(=O)NC(C)CC(C)CC2CCCCCC2)C1C. The molecule has 2 N–H and O–H groups in total. The summed E-state index contributed by atoms with van der Waals surface area (Å²) < 4.78 is 11.9. The number of nitrogens with one attached hydrogen (secondary N) is 2. The molecule has 2 saturated carbocycles. The highest BCUT2D eigenvalue weighted by molar-refractivity contribution is 7.85. The van der Waals surface area contributed by atoms with Gasteiger partial charge in [0.05, 0.1) is 0 Å². The lowest BCUT2D eigenvalue weighted by atomic mass is 9.64. The summed E-state index contributed by atoms with van der Waals surface area (Å²) in [5, 5.41) is 6.61. The summed E-state index contributed by atoms with van der Waals surface area (Å²) in [5.74, 6) is 3.27. The van der Waals surface area contributed by atoms with Gasteiger partial charge < -0.3 is 15.4 Å². The average molecular weight is 600 g/mol. The Balaban J connectivity index is 1.44. The summed E-state index contributed by atoms with van der Waals surface area (Å²) >= 11 is 6.81. The van der Waals surface area contributed by atoms with Crippen molar-refractivity contribution < 1.29 is 13.8 Å². The minimum atomic E-state index is -0.688. The Morgan fingerprint density at radius 1 is 1.12 bits per heavy atom. The van der Waals surface area contributed by atoms with E-state index in [9.17, 15) is 13.8 Å². The molecule has 6 nitrogen and oxygen atoms in total. The lowest BCUT2D eigenvalue weighted by Gasteiger charge is -2.51. The van der Waals surface area contributed by atoms with Gasteiger partial charge in [0, 0.05) is 70.7 Å². The Morgan fingerprint density at radius 3 is 2.42 bits per heavy atom. The molecule has 8 heteroatoms. The first-order valence-electron chi connectivity index (χ1n) is 16.4. The lowest BCUT2D eigenvalue weighted by molar-refractivity contribution is -0.123. The highest BCUT2D eigenvalue weighted by Gasteiger charge is 2.48. The summed E-state index contributed by atoms with van der Waals surface area (Å²) in [6.45, 7) is 10.9. The van der Waals surface area contributed by atoms with Crippen LogP contribution in [-0.2, 0) is 20.4 Å². The number of nitrogens with zero attached hydrogens (tertiary/aromatic N) is 1. The molecule has 3 rings (SSSR count). The minimum Gasteiger partial charge on any atom is -0.354 e. The number of carbonyl (C=O) groups excluding carboxylic acids is 2. The fraction of sp³-hybridized carbons (Fsp3) is 0.938. The van der Waals surface area contributed by atoms with E-state index in [2.05, 4.69) is 43.2 Å². The van der Waals surface area contributed by atoms with Crippen molar-refractivity contribution >= 4 is 34.6 Å². The molecule has 0 aromatic heterocycles. The molecule has 0 spiro atoms. The third kappa shape index (κ3) is 10.1. The van der Waals surface area contributed by atoms with Crippen molar-refractivity contribution in [1.29, 1.82) is 0 Å². The van der Waals surface area contributed by atoms with E-state index in [-0.39, 0.29) is 29.3 Å². The molecule has 0 bridgehead atoms. The zero-order valence-electron chi connectivity index (χ0n) is 25.8. The molecule has 1 amide bonds. The molecule has 1 heterocycles. The number of aldehydes is 1. The van der Waals surface area contributed by atoms with Gasteiger partial charge in [0.1, 0.15) is 6.29 Å². The number of halogens is 1. The Bertz CT molecular complexity index is 798. The summed E-state index contributed by atoms with van der Waals surface area (Å²) in [5.41, 5.74) is -0.544. The van der Waals surface area contributed by atoms with Gasteiger partial charge in [-0.25, -0.2) is 0 Å². The predicted octanol–water partition coefficient (Wildman–Crippen LogP) is 5.68. The predicted molar refractivity (Wildman–Crippen MR) is 168 cm³/mol. The normalized spacial score (nSPS) is 33.7. The molecule has 6 atom stereocenters. The lowest BCUT2D eigenvalue weighted by Crippen LogP contribution is -2.58. The second-order valence-electron chi connectivity index (χ2n) is 13.5. The molecule has 1 saturated heterocycles. The van der Waals surface area contributed by atoms with Gasteiger partial charge in [0.15, 0.2) is 0 Å². The highest BCUT2D eigenvalue weighted by atomic mass is 35.5. The van der Waals surface area contributed by atoms with Crippen molar-refractivity contribution in [2.24, 2.45) is 23.2 Å². The molecule has 232 valence electrons. The van der Waals surface area contributed by atoms with Gasteiger partial charge >= 0.3 is 0 Å². The van der Waals surface area contributed by atoms with Gasteiger partial charge in [0.2, 0.25) is 5.91 Å². The fourth-order valence-electron chi connectivity index (χ4n) is 8.06. The van der Waals surface area contributed by atoms with E-state index >= 15 is 0 Å².